The lowest BCUT2D eigenvalue weighted by molar-refractivity contribution is 0.419. The van der Waals surface area contributed by atoms with Crippen LogP contribution in [0.2, 0.25) is 5.02 Å². The smallest absolute Gasteiger partial charge is 0.209 e. The van der Waals surface area contributed by atoms with Crippen LogP contribution in [0.3, 0.4) is 0 Å². The number of nitrogens with one attached hydrogen (secondary N) is 1. The van der Waals surface area contributed by atoms with Crippen molar-refractivity contribution in [1.82, 2.24) is 4.98 Å². The fourth-order valence-electron chi connectivity index (χ4n) is 1.75. The van der Waals surface area contributed by atoms with Gasteiger partial charge in [-0.2, -0.15) is 5.26 Å². The molecule has 0 unspecified atom stereocenters. The number of rotatable bonds is 1. The van der Waals surface area contributed by atoms with E-state index in [1.807, 2.05) is 6.07 Å². The van der Waals surface area contributed by atoms with Crippen LogP contribution in [-0.4, -0.2) is 12.1 Å². The Morgan fingerprint density at radius 1 is 1.47 bits per heavy atom. The number of hydrogen-bond acceptors (Lipinski definition) is 3. The molecule has 2 rings (SSSR count). The number of fused-ring (bicyclic) bond motifs is 1. The maximum Gasteiger partial charge on any atom is 0.209 e. The van der Waals surface area contributed by atoms with E-state index in [0.29, 0.717) is 22.0 Å². The van der Waals surface area contributed by atoms with Crippen LogP contribution in [0, 0.1) is 18.3 Å². The maximum atomic E-state index is 12.1. The van der Waals surface area contributed by atoms with Crippen LogP contribution in [0.4, 0.5) is 0 Å². The zero-order valence-electron chi connectivity index (χ0n) is 9.30. The number of ether oxygens (including phenoxy) is 1. The first-order valence-corrected chi connectivity index (χ1v) is 5.27. The molecule has 17 heavy (non-hydrogen) atoms. The molecule has 86 valence electrons. The molecule has 4 nitrogen and oxygen atoms in total. The van der Waals surface area contributed by atoms with Gasteiger partial charge in [0.05, 0.1) is 23.0 Å². The summed E-state index contributed by atoms with van der Waals surface area (Å²) in [5, 5.41) is 9.52. The highest BCUT2D eigenvalue weighted by atomic mass is 35.5. The number of pyridine rings is 1. The number of H-pyrrole nitrogens is 1. The molecular weight excluding hydrogens is 240 g/mol. The predicted molar refractivity (Wildman–Crippen MR) is 65.6 cm³/mol. The monoisotopic (exact) mass is 248 g/mol. The van der Waals surface area contributed by atoms with Gasteiger partial charge in [-0.25, -0.2) is 0 Å². The van der Waals surface area contributed by atoms with E-state index in [9.17, 15) is 4.79 Å². The third kappa shape index (κ3) is 1.65. The van der Waals surface area contributed by atoms with Crippen molar-refractivity contribution < 1.29 is 4.74 Å². The quantitative estimate of drug-likeness (QED) is 0.843. The van der Waals surface area contributed by atoms with Crippen molar-refractivity contribution in [3.63, 3.8) is 0 Å². The molecule has 0 fully saturated rings. The fourth-order valence-corrected chi connectivity index (χ4v) is 2.00. The van der Waals surface area contributed by atoms with E-state index in [2.05, 4.69) is 4.98 Å². The van der Waals surface area contributed by atoms with Gasteiger partial charge in [0.15, 0.2) is 0 Å². The lowest BCUT2D eigenvalue weighted by atomic mass is 10.1. The number of nitriles is 1. The number of nitrogens with zero attached hydrogens (tertiary/aromatic N) is 1. The molecule has 0 spiro atoms. The number of aryl methyl sites for hydroxylation is 1. The van der Waals surface area contributed by atoms with E-state index in [4.69, 9.17) is 21.6 Å². The first-order chi connectivity index (χ1) is 8.10. The Morgan fingerprint density at radius 3 is 2.76 bits per heavy atom. The minimum atomic E-state index is -0.373. The van der Waals surface area contributed by atoms with Crippen LogP contribution >= 0.6 is 11.6 Å². The highest BCUT2D eigenvalue weighted by Crippen LogP contribution is 2.28. The number of halogens is 1. The van der Waals surface area contributed by atoms with Crippen LogP contribution in [0.1, 0.15) is 11.3 Å². The second-order valence-electron chi connectivity index (χ2n) is 3.57. The molecule has 0 bridgehead atoms. The topological polar surface area (TPSA) is 65.9 Å². The van der Waals surface area contributed by atoms with Gasteiger partial charge in [0.1, 0.15) is 17.4 Å². The zero-order chi connectivity index (χ0) is 12.6. The van der Waals surface area contributed by atoms with Gasteiger partial charge in [0, 0.05) is 5.69 Å². The number of hydrogen-bond donors (Lipinski definition) is 1. The highest BCUT2D eigenvalue weighted by molar-refractivity contribution is 6.35. The fraction of sp³-hybridized carbons (Fsp3) is 0.167. The van der Waals surface area contributed by atoms with Crippen LogP contribution < -0.4 is 10.2 Å². The number of aromatic amines is 1. The molecule has 0 aliphatic rings. The van der Waals surface area contributed by atoms with Crippen LogP contribution in [0.15, 0.2) is 16.9 Å². The minimum Gasteiger partial charge on any atom is -0.495 e. The molecule has 0 aliphatic heterocycles. The van der Waals surface area contributed by atoms with E-state index in [1.54, 1.807) is 19.1 Å². The van der Waals surface area contributed by atoms with Crippen molar-refractivity contribution in [2.24, 2.45) is 0 Å². The standard InChI is InChI=1S/C12H9ClN2O2/c1-6-7(5-14)12(16)10-8(13)3-4-9(17-2)11(10)15-6/h3-4H,1-2H3,(H,15,16). The van der Waals surface area contributed by atoms with Crippen molar-refractivity contribution in [2.75, 3.05) is 7.11 Å². The van der Waals surface area contributed by atoms with E-state index >= 15 is 0 Å². The molecule has 0 saturated heterocycles. The lowest BCUT2D eigenvalue weighted by Crippen LogP contribution is -2.11. The van der Waals surface area contributed by atoms with Gasteiger partial charge >= 0.3 is 0 Å². The third-order valence-electron chi connectivity index (χ3n) is 2.59. The molecule has 0 aliphatic carbocycles. The molecule has 0 saturated carbocycles. The third-order valence-corrected chi connectivity index (χ3v) is 2.90. The molecule has 1 aromatic heterocycles. The van der Waals surface area contributed by atoms with Crippen molar-refractivity contribution >= 4 is 22.5 Å². The summed E-state index contributed by atoms with van der Waals surface area (Å²) in [6, 6.07) is 5.13. The van der Waals surface area contributed by atoms with Gasteiger partial charge in [-0.15, -0.1) is 0 Å². The van der Waals surface area contributed by atoms with Crippen LogP contribution in [0.5, 0.6) is 5.75 Å². The van der Waals surface area contributed by atoms with Crippen molar-refractivity contribution in [3.05, 3.63) is 38.6 Å². The molecule has 1 heterocycles. The first-order valence-electron chi connectivity index (χ1n) is 4.89. The van der Waals surface area contributed by atoms with Crippen LogP contribution in [0.25, 0.3) is 10.9 Å². The summed E-state index contributed by atoms with van der Waals surface area (Å²) in [7, 11) is 1.51. The number of aromatic nitrogens is 1. The van der Waals surface area contributed by atoms with Gasteiger partial charge < -0.3 is 9.72 Å². The summed E-state index contributed by atoms with van der Waals surface area (Å²) < 4.78 is 5.15. The number of methoxy groups -OCH3 is 1. The van der Waals surface area contributed by atoms with Crippen LogP contribution in [-0.2, 0) is 0 Å². The van der Waals surface area contributed by atoms with E-state index in [0.717, 1.165) is 0 Å². The molecular formula is C12H9ClN2O2. The lowest BCUT2D eigenvalue weighted by Gasteiger charge is -2.08. The Kier molecular flexibility index (Phi) is 2.78. The summed E-state index contributed by atoms with van der Waals surface area (Å²) >= 11 is 5.99. The molecule has 5 heteroatoms. The Hall–Kier alpha value is -1.99. The zero-order valence-corrected chi connectivity index (χ0v) is 10.1. The average Bonchev–Trinajstić information content (AvgIpc) is 2.29. The molecule has 0 amide bonds. The van der Waals surface area contributed by atoms with Crippen molar-refractivity contribution in [1.29, 1.82) is 5.26 Å². The minimum absolute atomic E-state index is 0.0765. The SMILES string of the molecule is COc1ccc(Cl)c2c(=O)c(C#N)c(C)[nH]c12. The molecule has 1 aromatic carbocycles. The number of benzene rings is 1. The average molecular weight is 249 g/mol. The highest BCUT2D eigenvalue weighted by Gasteiger charge is 2.14. The van der Waals surface area contributed by atoms with Gasteiger partial charge in [0.2, 0.25) is 5.43 Å². The Labute approximate surface area is 102 Å². The maximum absolute atomic E-state index is 12.1. The van der Waals surface area contributed by atoms with Crippen molar-refractivity contribution in [2.45, 2.75) is 6.92 Å². The predicted octanol–water partition coefficient (Wildman–Crippen LogP) is 2.37. The second-order valence-corrected chi connectivity index (χ2v) is 3.97. The van der Waals surface area contributed by atoms with E-state index in [1.165, 1.54) is 7.11 Å². The molecule has 0 atom stereocenters. The second kappa shape index (κ2) is 4.11. The molecule has 0 radical (unpaired) electrons. The van der Waals surface area contributed by atoms with E-state index in [-0.39, 0.29) is 16.4 Å². The largest absolute Gasteiger partial charge is 0.495 e. The van der Waals surface area contributed by atoms with Gasteiger partial charge in [-0.3, -0.25) is 4.79 Å². The van der Waals surface area contributed by atoms with Gasteiger partial charge in [0.25, 0.3) is 0 Å². The summed E-state index contributed by atoms with van der Waals surface area (Å²) in [6.07, 6.45) is 0. The summed E-state index contributed by atoms with van der Waals surface area (Å²) in [4.78, 5) is 15.1. The summed E-state index contributed by atoms with van der Waals surface area (Å²) in [5.74, 6) is 0.522. The Morgan fingerprint density at radius 2 is 2.18 bits per heavy atom. The summed E-state index contributed by atoms with van der Waals surface area (Å²) in [5.41, 5.74) is 0.724. The van der Waals surface area contributed by atoms with Gasteiger partial charge in [-0.1, -0.05) is 11.6 Å². The van der Waals surface area contributed by atoms with Crippen molar-refractivity contribution in [3.8, 4) is 11.8 Å². The van der Waals surface area contributed by atoms with Gasteiger partial charge in [-0.05, 0) is 19.1 Å². The molecule has 2 aromatic rings. The Balaban J connectivity index is 3.07. The normalized spacial score (nSPS) is 10.2. The summed E-state index contributed by atoms with van der Waals surface area (Å²) in [6.45, 7) is 1.67. The Bertz CT molecular complexity index is 698. The molecule has 1 N–H and O–H groups in total. The van der Waals surface area contributed by atoms with E-state index < -0.39 is 0 Å². The first kappa shape index (κ1) is 11.5.